The van der Waals surface area contributed by atoms with Crippen LogP contribution in [-0.4, -0.2) is 148 Å². The van der Waals surface area contributed by atoms with Crippen molar-refractivity contribution < 1.29 is 67.2 Å². The van der Waals surface area contributed by atoms with Gasteiger partial charge in [0.2, 0.25) is 23.6 Å². The summed E-state index contributed by atoms with van der Waals surface area (Å²) < 4.78 is 21.5. The number of nitrogens with one attached hydrogen (secondary N) is 7. The molecule has 0 aliphatic heterocycles. The lowest BCUT2D eigenvalue weighted by Crippen LogP contribution is -2.45. The van der Waals surface area contributed by atoms with Gasteiger partial charge in [-0.15, -0.1) is 0 Å². The van der Waals surface area contributed by atoms with Crippen molar-refractivity contribution in [3.63, 3.8) is 0 Å². The van der Waals surface area contributed by atoms with Crippen molar-refractivity contribution in [1.29, 1.82) is 0 Å². The topological polar surface area (TPSA) is 540 Å². The summed E-state index contributed by atoms with van der Waals surface area (Å²) in [6.07, 6.45) is -0.0459. The Kier molecular flexibility index (Phi) is 26.8. The number of hydrogen-bond donors (Lipinski definition) is 16. The van der Waals surface area contributed by atoms with Crippen LogP contribution >= 0.6 is 0 Å². The van der Waals surface area contributed by atoms with Gasteiger partial charge < -0.3 is 107 Å². The molecule has 0 fully saturated rings. The lowest BCUT2D eigenvalue weighted by molar-refractivity contribution is -0.137. The maximum Gasteiger partial charge on any atom is 0.303 e. The summed E-state index contributed by atoms with van der Waals surface area (Å²) in [5.74, 6) is -8.00. The van der Waals surface area contributed by atoms with E-state index in [1.54, 1.807) is 0 Å². The number of carbonyl (C=O) groups excluding carboxylic acids is 8. The third-order valence-electron chi connectivity index (χ3n) is 12.6. The molecular formula is C55H74N18O14. The molecule has 4 unspecified atom stereocenters. The van der Waals surface area contributed by atoms with Crippen molar-refractivity contribution in [2.45, 2.75) is 75.5 Å². The summed E-state index contributed by atoms with van der Waals surface area (Å²) in [7, 11) is 5.18. The van der Waals surface area contributed by atoms with Gasteiger partial charge in [-0.2, -0.15) is 0 Å². The minimum absolute atomic E-state index is 0.0118. The second-order valence-corrected chi connectivity index (χ2v) is 18.9. The fourth-order valence-electron chi connectivity index (χ4n) is 8.23. The fraction of sp³-hybridized carbons (Fsp3) is 0.345. The summed E-state index contributed by atoms with van der Waals surface area (Å²) in [5.41, 5.74) is 44.1. The van der Waals surface area contributed by atoms with Crippen molar-refractivity contribution in [2.75, 3.05) is 69.3 Å². The average molecular weight is 1210 g/mol. The van der Waals surface area contributed by atoms with Crippen LogP contribution in [0.4, 0.5) is 22.7 Å². The molecule has 32 heteroatoms. The van der Waals surface area contributed by atoms with E-state index >= 15 is 0 Å². The Morgan fingerprint density at radius 3 is 1.01 bits per heavy atom. The first kappa shape index (κ1) is 68.6. The van der Waals surface area contributed by atoms with Crippen molar-refractivity contribution in [2.24, 2.45) is 60.8 Å². The molecule has 8 amide bonds. The molecule has 0 aliphatic rings. The Morgan fingerprint density at radius 1 is 0.425 bits per heavy atom. The van der Waals surface area contributed by atoms with Crippen molar-refractivity contribution in [3.8, 4) is 23.0 Å². The van der Waals surface area contributed by atoms with E-state index in [4.69, 9.17) is 64.8 Å². The van der Waals surface area contributed by atoms with E-state index in [9.17, 15) is 48.3 Å². The highest BCUT2D eigenvalue weighted by Crippen LogP contribution is 2.28. The molecule has 0 aromatic heterocycles. The highest BCUT2D eigenvalue weighted by atomic mass is 16.5. The van der Waals surface area contributed by atoms with Crippen LogP contribution < -0.4 is 102 Å². The molecule has 0 spiro atoms. The molecule has 0 saturated carbocycles. The van der Waals surface area contributed by atoms with Gasteiger partial charge in [-0.25, -0.2) is 0 Å². The molecule has 4 atom stereocenters. The first-order valence-corrected chi connectivity index (χ1v) is 26.7. The molecule has 32 nitrogen and oxygen atoms in total. The van der Waals surface area contributed by atoms with Crippen LogP contribution in [0.15, 0.2) is 87.8 Å². The van der Waals surface area contributed by atoms with Crippen LogP contribution in [0.25, 0.3) is 0 Å². The number of methoxy groups -OCH3 is 4. The zero-order valence-electron chi connectivity index (χ0n) is 48.2. The number of carbonyl (C=O) groups is 9. The molecule has 4 rings (SSSR count). The van der Waals surface area contributed by atoms with Gasteiger partial charge in [0.05, 0.1) is 56.7 Å². The van der Waals surface area contributed by atoms with E-state index in [1.165, 1.54) is 101 Å². The standard InChI is InChI=1S/C55H74N18O14/c1-84-40-16-11-28(24-32(40)45(57)76)68-50(81)37(9-6-22-65-54(60)61)71-46(77)34-26-30(13-18-42(34)86-3)69-51(82)38(10-7-23-66-55(62)63)72-47(78)35-27-31(14-19-43(35)87-4)70-52(83)39(15-20-44(74)75)73-48(79)33-25-29(12-17-41(33)85-2)67-49(80)36(56)8-5-21-64-53(58)59/h11-14,16-19,24-27,36-39H,5-10,15,20-23,56H2,1-4H3,(H2,57,76)(H,67,80)(H,68,81)(H,69,82)(H,70,83)(H,71,77)(H,72,78)(H,73,79)(H,74,75)(H4,58,59,64)(H4,60,61,65)(H4,62,63,66). The average Bonchev–Trinajstić information content (AvgIpc) is 2.63. The largest absolute Gasteiger partial charge is 0.496 e. The zero-order chi connectivity index (χ0) is 64.3. The number of nitrogens with zero attached hydrogens (tertiary/aromatic N) is 3. The van der Waals surface area contributed by atoms with Gasteiger partial charge in [0, 0.05) is 48.8 Å². The number of ether oxygens (including phenoxy) is 4. The number of primary amides is 1. The number of hydrogen-bond acceptors (Lipinski definition) is 17. The minimum atomic E-state index is -1.51. The summed E-state index contributed by atoms with van der Waals surface area (Å²) in [6, 6.07) is 11.2. The van der Waals surface area contributed by atoms with Crippen LogP contribution in [0.1, 0.15) is 92.8 Å². The third-order valence-corrected chi connectivity index (χ3v) is 12.6. The predicted molar refractivity (Wildman–Crippen MR) is 323 cm³/mol. The lowest BCUT2D eigenvalue weighted by Gasteiger charge is -2.21. The Balaban J connectivity index is 1.59. The number of aliphatic imine (C=N–C) groups is 3. The van der Waals surface area contributed by atoms with E-state index < -0.39 is 90.2 Å². The maximum atomic E-state index is 14.3. The Morgan fingerprint density at radius 2 is 0.713 bits per heavy atom. The fourth-order valence-corrected chi connectivity index (χ4v) is 8.23. The van der Waals surface area contributed by atoms with Gasteiger partial charge >= 0.3 is 5.97 Å². The van der Waals surface area contributed by atoms with Gasteiger partial charge in [0.25, 0.3) is 23.6 Å². The number of carboxylic acid groups (broad SMARTS) is 1. The molecule has 0 heterocycles. The normalized spacial score (nSPS) is 11.9. The molecule has 24 N–H and O–H groups in total. The molecule has 0 bridgehead atoms. The van der Waals surface area contributed by atoms with Gasteiger partial charge in [0.1, 0.15) is 41.1 Å². The first-order chi connectivity index (χ1) is 41.4. The smallest absolute Gasteiger partial charge is 0.303 e. The summed E-state index contributed by atoms with van der Waals surface area (Å²) in [4.78, 5) is 133. The van der Waals surface area contributed by atoms with E-state index in [1.807, 2.05) is 0 Å². The van der Waals surface area contributed by atoms with Crippen LogP contribution in [0.5, 0.6) is 23.0 Å². The highest BCUT2D eigenvalue weighted by Gasteiger charge is 2.29. The number of carboxylic acids is 1. The van der Waals surface area contributed by atoms with Crippen LogP contribution in [0.3, 0.4) is 0 Å². The van der Waals surface area contributed by atoms with E-state index in [-0.39, 0.29) is 138 Å². The SMILES string of the molecule is COc1ccc(NC(=O)C(CCCN=C(N)N)NC(=O)c2cc(NC(=O)C(CCCN=C(N)N)NC(=O)c3cc(NC(=O)C(CCC(=O)O)NC(=O)c4cc(NC(=O)C(N)CCCN=C(N)N)ccc4OC)ccc3OC)ccc2OC)cc1C(N)=O. The highest BCUT2D eigenvalue weighted by molar-refractivity contribution is 6.08. The van der Waals surface area contributed by atoms with Crippen molar-refractivity contribution >= 4 is 93.9 Å². The summed E-state index contributed by atoms with van der Waals surface area (Å²) in [6.45, 7) is 0.381. The van der Waals surface area contributed by atoms with Gasteiger partial charge in [-0.05, 0) is 118 Å². The number of aliphatic carboxylic acids is 1. The summed E-state index contributed by atoms with van der Waals surface area (Å²) in [5, 5.41) is 28.0. The molecule has 0 aliphatic carbocycles. The minimum Gasteiger partial charge on any atom is -0.496 e. The number of nitrogens with two attached hydrogens (primary N) is 8. The van der Waals surface area contributed by atoms with E-state index in [2.05, 4.69) is 52.2 Å². The Bertz CT molecular complexity index is 3240. The van der Waals surface area contributed by atoms with E-state index in [0.29, 0.717) is 6.42 Å². The maximum absolute atomic E-state index is 14.3. The monoisotopic (exact) mass is 1210 g/mol. The predicted octanol–water partition coefficient (Wildman–Crippen LogP) is -0.677. The Labute approximate surface area is 499 Å². The van der Waals surface area contributed by atoms with E-state index in [0.717, 1.165) is 0 Å². The number of amides is 8. The van der Waals surface area contributed by atoms with Gasteiger partial charge in [-0.1, -0.05) is 0 Å². The van der Waals surface area contributed by atoms with Gasteiger partial charge in [-0.3, -0.25) is 58.1 Å². The third kappa shape index (κ3) is 22.0. The Hall–Kier alpha value is -10.9. The molecule has 0 saturated heterocycles. The van der Waals surface area contributed by atoms with Crippen LogP contribution in [0.2, 0.25) is 0 Å². The second kappa shape index (κ2) is 34.0. The number of benzene rings is 4. The molecule has 0 radical (unpaired) electrons. The number of guanidine groups is 3. The first-order valence-electron chi connectivity index (χ1n) is 26.7. The van der Waals surface area contributed by atoms with Gasteiger partial charge in [0.15, 0.2) is 17.9 Å². The molecule has 468 valence electrons. The lowest BCUT2D eigenvalue weighted by atomic mass is 10.1. The van der Waals surface area contributed by atoms with Crippen molar-refractivity contribution in [1.82, 2.24) is 16.0 Å². The summed E-state index contributed by atoms with van der Waals surface area (Å²) >= 11 is 0. The zero-order valence-corrected chi connectivity index (χ0v) is 48.2. The number of rotatable bonds is 34. The molecular weight excluding hydrogens is 1140 g/mol. The molecule has 4 aromatic rings. The second-order valence-electron chi connectivity index (χ2n) is 18.9. The van der Waals surface area contributed by atoms with Crippen molar-refractivity contribution in [3.05, 3.63) is 95.1 Å². The number of anilines is 4. The quantitative estimate of drug-likeness (QED) is 0.0157. The van der Waals surface area contributed by atoms with Crippen LogP contribution in [-0.2, 0) is 24.0 Å². The molecule has 4 aromatic carbocycles. The molecule has 87 heavy (non-hydrogen) atoms. The van der Waals surface area contributed by atoms with Crippen LogP contribution in [0, 0.1) is 0 Å².